The van der Waals surface area contributed by atoms with Crippen LogP contribution in [0.3, 0.4) is 0 Å². The fourth-order valence-electron chi connectivity index (χ4n) is 5.07. The monoisotopic (exact) mass is 429 g/mol. The van der Waals surface area contributed by atoms with Gasteiger partial charge in [-0.05, 0) is 62.2 Å². The Bertz CT molecular complexity index is 1030. The van der Waals surface area contributed by atoms with Crippen molar-refractivity contribution in [1.29, 1.82) is 0 Å². The number of fused-ring (bicyclic) bond motifs is 1. The summed E-state index contributed by atoms with van der Waals surface area (Å²) in [5.41, 5.74) is 3.60. The molecule has 0 radical (unpaired) electrons. The van der Waals surface area contributed by atoms with Gasteiger partial charge in [0.05, 0.1) is 6.61 Å². The highest BCUT2D eigenvalue weighted by Gasteiger charge is 2.33. The molecular weight excluding hydrogens is 398 g/mol. The van der Waals surface area contributed by atoms with E-state index in [2.05, 4.69) is 60.4 Å². The van der Waals surface area contributed by atoms with Crippen molar-refractivity contribution in [3.63, 3.8) is 0 Å². The van der Waals surface area contributed by atoms with E-state index >= 15 is 0 Å². The number of hydrogen-bond donors (Lipinski definition) is 1. The molecule has 5 rings (SSSR count). The molecule has 2 aliphatic rings. The number of benzene rings is 3. The zero-order valence-corrected chi connectivity index (χ0v) is 18.6. The number of rotatable bonds is 6. The summed E-state index contributed by atoms with van der Waals surface area (Å²) in [5.74, 6) is 2.27. The van der Waals surface area contributed by atoms with Crippen LogP contribution >= 0.6 is 0 Å². The minimum absolute atomic E-state index is 0.152. The minimum Gasteiger partial charge on any atom is -0.508 e. The average molecular weight is 430 g/mol. The van der Waals surface area contributed by atoms with Crippen molar-refractivity contribution in [2.24, 2.45) is 0 Å². The molecule has 1 fully saturated rings. The molecule has 3 atom stereocenters. The molecule has 3 aromatic rings. The van der Waals surface area contributed by atoms with E-state index in [1.165, 1.54) is 37.1 Å². The Morgan fingerprint density at radius 1 is 0.969 bits per heavy atom. The first kappa shape index (κ1) is 20.9. The first-order valence-corrected chi connectivity index (χ1v) is 11.7. The van der Waals surface area contributed by atoms with Crippen LogP contribution in [0.2, 0.25) is 0 Å². The van der Waals surface area contributed by atoms with Gasteiger partial charge in [0, 0.05) is 29.5 Å². The second kappa shape index (κ2) is 9.25. The lowest BCUT2D eigenvalue weighted by Crippen LogP contribution is -2.34. The van der Waals surface area contributed by atoms with Gasteiger partial charge >= 0.3 is 0 Å². The summed E-state index contributed by atoms with van der Waals surface area (Å²) in [7, 11) is 0. The SMILES string of the molecule is CC(COc1ccc([C@H]2c3ccc(O)cc3OC[C@H]2c2ccccc2)cc1)N1CCCC1. The van der Waals surface area contributed by atoms with E-state index in [0.717, 1.165) is 17.1 Å². The highest BCUT2D eigenvalue weighted by Crippen LogP contribution is 2.47. The molecule has 0 spiro atoms. The third-order valence-corrected chi connectivity index (χ3v) is 6.88. The van der Waals surface area contributed by atoms with Crippen molar-refractivity contribution < 1.29 is 14.6 Å². The van der Waals surface area contributed by atoms with E-state index < -0.39 is 0 Å². The Morgan fingerprint density at radius 2 is 1.72 bits per heavy atom. The van der Waals surface area contributed by atoms with Crippen molar-refractivity contribution in [2.45, 2.75) is 37.6 Å². The van der Waals surface area contributed by atoms with E-state index in [4.69, 9.17) is 9.47 Å². The fraction of sp³-hybridized carbons (Fsp3) is 0.357. The van der Waals surface area contributed by atoms with Gasteiger partial charge in [-0.25, -0.2) is 0 Å². The van der Waals surface area contributed by atoms with Crippen molar-refractivity contribution >= 4 is 0 Å². The zero-order chi connectivity index (χ0) is 21.9. The Hall–Kier alpha value is -2.98. The van der Waals surface area contributed by atoms with Crippen LogP contribution in [-0.4, -0.2) is 42.4 Å². The van der Waals surface area contributed by atoms with Gasteiger partial charge in [-0.2, -0.15) is 0 Å². The third kappa shape index (κ3) is 4.33. The summed E-state index contributed by atoms with van der Waals surface area (Å²) < 4.78 is 12.2. The molecule has 1 unspecified atom stereocenters. The summed E-state index contributed by atoms with van der Waals surface area (Å²) in [5, 5.41) is 9.95. The molecule has 0 aromatic heterocycles. The lowest BCUT2D eigenvalue weighted by Gasteiger charge is -2.34. The van der Waals surface area contributed by atoms with Crippen LogP contribution in [-0.2, 0) is 0 Å². The molecule has 0 aliphatic carbocycles. The van der Waals surface area contributed by atoms with Crippen molar-refractivity contribution in [2.75, 3.05) is 26.3 Å². The molecule has 1 saturated heterocycles. The first-order chi connectivity index (χ1) is 15.7. The summed E-state index contributed by atoms with van der Waals surface area (Å²) in [6.45, 7) is 5.91. The molecule has 32 heavy (non-hydrogen) atoms. The summed E-state index contributed by atoms with van der Waals surface area (Å²) in [6, 6.07) is 25.0. The van der Waals surface area contributed by atoms with Crippen LogP contribution in [0.15, 0.2) is 72.8 Å². The van der Waals surface area contributed by atoms with Gasteiger partial charge in [0.15, 0.2) is 0 Å². The standard InChI is InChI=1S/C28H31NO3/c1-20(29-15-5-6-16-29)18-31-24-12-9-22(10-13-24)28-25-14-11-23(30)17-27(25)32-19-26(28)21-7-3-2-4-8-21/h2-4,7-14,17,20,26,28,30H,5-6,15-16,18-19H2,1H3/t20?,26-,28-/m0/s1. The normalized spacial score (nSPS) is 21.5. The first-order valence-electron chi connectivity index (χ1n) is 11.7. The molecule has 0 amide bonds. The molecular formula is C28H31NO3. The van der Waals surface area contributed by atoms with Gasteiger partial charge in [-0.3, -0.25) is 4.90 Å². The predicted molar refractivity (Wildman–Crippen MR) is 127 cm³/mol. The summed E-state index contributed by atoms with van der Waals surface area (Å²) in [6.07, 6.45) is 2.60. The van der Waals surface area contributed by atoms with Crippen molar-refractivity contribution in [3.05, 3.63) is 89.5 Å². The fourth-order valence-corrected chi connectivity index (χ4v) is 5.07. The van der Waals surface area contributed by atoms with Crippen LogP contribution in [0.5, 0.6) is 17.2 Å². The number of aromatic hydroxyl groups is 1. The maximum atomic E-state index is 9.95. The van der Waals surface area contributed by atoms with Crippen LogP contribution < -0.4 is 9.47 Å². The van der Waals surface area contributed by atoms with Gasteiger partial charge in [0.1, 0.15) is 23.9 Å². The Kier molecular flexibility index (Phi) is 6.04. The Morgan fingerprint density at radius 3 is 2.47 bits per heavy atom. The number of phenols is 1. The molecule has 4 heteroatoms. The van der Waals surface area contributed by atoms with Crippen molar-refractivity contribution in [1.82, 2.24) is 4.90 Å². The van der Waals surface area contributed by atoms with Gasteiger partial charge in [0.25, 0.3) is 0 Å². The number of nitrogens with zero attached hydrogens (tertiary/aromatic N) is 1. The van der Waals surface area contributed by atoms with E-state index in [9.17, 15) is 5.11 Å². The van der Waals surface area contributed by atoms with Crippen LogP contribution in [0.1, 0.15) is 48.3 Å². The Labute approximate surface area is 190 Å². The lowest BCUT2D eigenvalue weighted by molar-refractivity contribution is 0.172. The second-order valence-electron chi connectivity index (χ2n) is 9.00. The molecule has 2 aliphatic heterocycles. The number of likely N-dealkylation sites (tertiary alicyclic amines) is 1. The average Bonchev–Trinajstić information content (AvgIpc) is 3.38. The Balaban J connectivity index is 1.39. The van der Waals surface area contributed by atoms with Crippen LogP contribution in [0.4, 0.5) is 0 Å². The summed E-state index contributed by atoms with van der Waals surface area (Å²) >= 11 is 0. The van der Waals surface area contributed by atoms with Gasteiger partial charge in [0.2, 0.25) is 0 Å². The predicted octanol–water partition coefficient (Wildman–Crippen LogP) is 5.56. The van der Waals surface area contributed by atoms with E-state index in [1.54, 1.807) is 12.1 Å². The quantitative estimate of drug-likeness (QED) is 0.557. The molecule has 1 N–H and O–H groups in total. The molecule has 166 valence electrons. The van der Waals surface area contributed by atoms with Gasteiger partial charge < -0.3 is 14.6 Å². The third-order valence-electron chi connectivity index (χ3n) is 6.88. The number of hydrogen-bond acceptors (Lipinski definition) is 4. The maximum absolute atomic E-state index is 9.95. The van der Waals surface area contributed by atoms with E-state index in [1.807, 2.05) is 12.1 Å². The van der Waals surface area contributed by atoms with Gasteiger partial charge in [-0.15, -0.1) is 0 Å². The second-order valence-corrected chi connectivity index (χ2v) is 9.00. The van der Waals surface area contributed by atoms with Crippen LogP contribution in [0.25, 0.3) is 0 Å². The zero-order valence-electron chi connectivity index (χ0n) is 18.6. The molecule has 4 nitrogen and oxygen atoms in total. The molecule has 2 heterocycles. The van der Waals surface area contributed by atoms with E-state index in [-0.39, 0.29) is 17.6 Å². The number of ether oxygens (including phenoxy) is 2. The van der Waals surface area contributed by atoms with Crippen LogP contribution in [0, 0.1) is 0 Å². The van der Waals surface area contributed by atoms with E-state index in [0.29, 0.717) is 19.3 Å². The smallest absolute Gasteiger partial charge is 0.126 e. The van der Waals surface area contributed by atoms with Crippen molar-refractivity contribution in [3.8, 4) is 17.2 Å². The lowest BCUT2D eigenvalue weighted by atomic mass is 9.76. The molecule has 0 saturated carbocycles. The highest BCUT2D eigenvalue weighted by molar-refractivity contribution is 5.50. The largest absolute Gasteiger partial charge is 0.508 e. The topological polar surface area (TPSA) is 41.9 Å². The minimum atomic E-state index is 0.152. The molecule has 0 bridgehead atoms. The maximum Gasteiger partial charge on any atom is 0.126 e. The summed E-state index contributed by atoms with van der Waals surface area (Å²) in [4.78, 5) is 2.51. The van der Waals surface area contributed by atoms with Gasteiger partial charge in [-0.1, -0.05) is 48.5 Å². The molecule has 3 aromatic carbocycles. The number of phenolic OH excluding ortho intramolecular Hbond substituents is 1. The highest BCUT2D eigenvalue weighted by atomic mass is 16.5.